The van der Waals surface area contributed by atoms with Crippen LogP contribution < -0.4 is 10.5 Å². The van der Waals surface area contributed by atoms with Crippen LogP contribution in [0.2, 0.25) is 0 Å². The Balaban J connectivity index is 2.13. The van der Waals surface area contributed by atoms with Crippen LogP contribution in [0.4, 0.5) is 5.69 Å². The predicted octanol–water partition coefficient (Wildman–Crippen LogP) is 1.51. The lowest BCUT2D eigenvalue weighted by molar-refractivity contribution is 0.574. The number of nitrogens with one attached hydrogen (secondary N) is 1. The van der Waals surface area contributed by atoms with Crippen LogP contribution in [0.1, 0.15) is 18.9 Å². The van der Waals surface area contributed by atoms with E-state index in [1.165, 1.54) is 0 Å². The van der Waals surface area contributed by atoms with Crippen LogP contribution in [0, 0.1) is 18.8 Å². The lowest BCUT2D eigenvalue weighted by atomic mass is 10.2. The van der Waals surface area contributed by atoms with Crippen LogP contribution in [0.25, 0.3) is 0 Å². The van der Waals surface area contributed by atoms with Gasteiger partial charge < -0.3 is 5.73 Å². The van der Waals surface area contributed by atoms with Gasteiger partial charge in [0.05, 0.1) is 4.90 Å². The van der Waals surface area contributed by atoms with Gasteiger partial charge in [0.2, 0.25) is 10.0 Å². The van der Waals surface area contributed by atoms with Gasteiger partial charge in [-0.05, 0) is 48.9 Å². The topological polar surface area (TPSA) is 72.2 Å². The molecule has 1 fully saturated rings. The molecular weight excluding hydrogens is 236 g/mol. The minimum Gasteiger partial charge on any atom is -0.399 e. The Bertz CT molecular complexity index is 525. The summed E-state index contributed by atoms with van der Waals surface area (Å²) in [6.45, 7) is 4.42. The molecule has 3 N–H and O–H groups in total. The van der Waals surface area contributed by atoms with Gasteiger partial charge in [0, 0.05) is 12.2 Å². The summed E-state index contributed by atoms with van der Waals surface area (Å²) < 4.78 is 26.8. The van der Waals surface area contributed by atoms with E-state index in [-0.39, 0.29) is 0 Å². The van der Waals surface area contributed by atoms with E-state index in [1.54, 1.807) is 25.1 Å². The Labute approximate surface area is 102 Å². The molecule has 0 bridgehead atoms. The third-order valence-electron chi connectivity index (χ3n) is 3.30. The minimum absolute atomic E-state index is 0.319. The molecule has 94 valence electrons. The second-order valence-electron chi connectivity index (χ2n) is 4.85. The molecule has 1 saturated carbocycles. The summed E-state index contributed by atoms with van der Waals surface area (Å²) in [6.07, 6.45) is 1.11. The summed E-state index contributed by atoms with van der Waals surface area (Å²) in [4.78, 5) is 0.319. The number of nitrogen functional groups attached to an aromatic ring is 1. The lowest BCUT2D eigenvalue weighted by Gasteiger charge is -2.09. The number of sulfonamides is 1. The van der Waals surface area contributed by atoms with Crippen LogP contribution in [0.5, 0.6) is 0 Å². The largest absolute Gasteiger partial charge is 0.399 e. The Morgan fingerprint density at radius 1 is 1.47 bits per heavy atom. The van der Waals surface area contributed by atoms with Gasteiger partial charge in [-0.2, -0.15) is 0 Å². The van der Waals surface area contributed by atoms with Crippen molar-refractivity contribution in [1.82, 2.24) is 4.72 Å². The molecule has 1 aromatic rings. The first-order valence-corrected chi connectivity index (χ1v) is 7.24. The van der Waals surface area contributed by atoms with Gasteiger partial charge in [-0.15, -0.1) is 0 Å². The second-order valence-corrected chi connectivity index (χ2v) is 6.59. The zero-order valence-corrected chi connectivity index (χ0v) is 10.9. The minimum atomic E-state index is -3.39. The normalized spacial score (nSPS) is 23.6. The van der Waals surface area contributed by atoms with Gasteiger partial charge >= 0.3 is 0 Å². The van der Waals surface area contributed by atoms with Gasteiger partial charge in [-0.3, -0.25) is 0 Å². The van der Waals surface area contributed by atoms with E-state index in [4.69, 9.17) is 5.73 Å². The van der Waals surface area contributed by atoms with Gasteiger partial charge in [-0.1, -0.05) is 6.92 Å². The van der Waals surface area contributed by atoms with Crippen LogP contribution in [-0.2, 0) is 10.0 Å². The van der Waals surface area contributed by atoms with Crippen molar-refractivity contribution < 1.29 is 8.42 Å². The predicted molar refractivity (Wildman–Crippen MR) is 68.1 cm³/mol. The van der Waals surface area contributed by atoms with E-state index in [0.717, 1.165) is 6.42 Å². The smallest absolute Gasteiger partial charge is 0.240 e. The summed E-state index contributed by atoms with van der Waals surface area (Å²) in [5.74, 6) is 1.14. The molecule has 1 aromatic carbocycles. The fourth-order valence-corrected chi connectivity index (χ4v) is 3.27. The van der Waals surface area contributed by atoms with E-state index in [2.05, 4.69) is 11.6 Å². The Kier molecular flexibility index (Phi) is 3.14. The third kappa shape index (κ3) is 2.79. The number of nitrogens with two attached hydrogens (primary N) is 1. The molecule has 1 aliphatic rings. The molecule has 4 nitrogen and oxygen atoms in total. The SMILES string of the molecule is Cc1cc(N)ccc1S(=O)(=O)NCC1CC1C. The summed E-state index contributed by atoms with van der Waals surface area (Å²) in [5.41, 5.74) is 6.87. The van der Waals surface area contributed by atoms with Crippen molar-refractivity contribution in [3.05, 3.63) is 23.8 Å². The molecule has 2 rings (SSSR count). The van der Waals surface area contributed by atoms with E-state index >= 15 is 0 Å². The van der Waals surface area contributed by atoms with Crippen molar-refractivity contribution in [3.63, 3.8) is 0 Å². The van der Waals surface area contributed by atoms with Crippen molar-refractivity contribution in [2.45, 2.75) is 25.2 Å². The summed E-state index contributed by atoms with van der Waals surface area (Å²) in [5, 5.41) is 0. The quantitative estimate of drug-likeness (QED) is 0.800. The summed E-state index contributed by atoms with van der Waals surface area (Å²) in [7, 11) is -3.39. The van der Waals surface area contributed by atoms with Gasteiger partial charge in [0.15, 0.2) is 0 Å². The molecule has 0 radical (unpaired) electrons. The maximum absolute atomic E-state index is 12.1. The standard InChI is InChI=1S/C12H18N2O2S/c1-8-5-10(8)7-14-17(15,16)12-4-3-11(13)6-9(12)2/h3-4,6,8,10,14H,5,7,13H2,1-2H3. The summed E-state index contributed by atoms with van der Waals surface area (Å²) in [6, 6.07) is 4.85. The first-order valence-electron chi connectivity index (χ1n) is 5.76. The molecule has 2 unspecified atom stereocenters. The summed E-state index contributed by atoms with van der Waals surface area (Å²) >= 11 is 0. The third-order valence-corrected chi connectivity index (χ3v) is 4.88. The van der Waals surface area contributed by atoms with E-state index in [9.17, 15) is 8.42 Å². The zero-order chi connectivity index (χ0) is 12.6. The van der Waals surface area contributed by atoms with Gasteiger partial charge in [0.25, 0.3) is 0 Å². The number of anilines is 1. The van der Waals surface area contributed by atoms with Crippen molar-refractivity contribution in [1.29, 1.82) is 0 Å². The van der Waals surface area contributed by atoms with Crippen molar-refractivity contribution >= 4 is 15.7 Å². The second kappa shape index (κ2) is 4.31. The highest BCUT2D eigenvalue weighted by Crippen LogP contribution is 2.37. The molecule has 0 amide bonds. The Morgan fingerprint density at radius 3 is 2.65 bits per heavy atom. The fourth-order valence-electron chi connectivity index (χ4n) is 1.95. The molecule has 0 spiro atoms. The maximum Gasteiger partial charge on any atom is 0.240 e. The number of benzene rings is 1. The number of hydrogen-bond acceptors (Lipinski definition) is 3. The van der Waals surface area contributed by atoms with Crippen molar-refractivity contribution in [2.75, 3.05) is 12.3 Å². The van der Waals surface area contributed by atoms with Crippen LogP contribution in [-0.4, -0.2) is 15.0 Å². The monoisotopic (exact) mass is 254 g/mol. The van der Waals surface area contributed by atoms with Gasteiger partial charge in [0.1, 0.15) is 0 Å². The van der Waals surface area contributed by atoms with E-state index < -0.39 is 10.0 Å². The molecule has 5 heteroatoms. The highest BCUT2D eigenvalue weighted by Gasteiger charge is 2.33. The molecule has 0 aromatic heterocycles. The molecule has 0 aliphatic heterocycles. The van der Waals surface area contributed by atoms with E-state index in [0.29, 0.717) is 34.5 Å². The number of rotatable bonds is 4. The molecule has 2 atom stereocenters. The molecule has 0 heterocycles. The van der Waals surface area contributed by atoms with Crippen LogP contribution in [0.3, 0.4) is 0 Å². The average Bonchev–Trinajstić information content (AvgIpc) is 2.91. The zero-order valence-electron chi connectivity index (χ0n) is 10.1. The number of hydrogen-bond donors (Lipinski definition) is 2. The highest BCUT2D eigenvalue weighted by molar-refractivity contribution is 7.89. The van der Waals surface area contributed by atoms with Crippen molar-refractivity contribution in [3.8, 4) is 0 Å². The van der Waals surface area contributed by atoms with Crippen LogP contribution >= 0.6 is 0 Å². The molecular formula is C12H18N2O2S. The van der Waals surface area contributed by atoms with Gasteiger partial charge in [-0.25, -0.2) is 13.1 Å². The number of aryl methyl sites for hydroxylation is 1. The first-order chi connectivity index (χ1) is 7.90. The fraction of sp³-hybridized carbons (Fsp3) is 0.500. The Morgan fingerprint density at radius 2 is 2.12 bits per heavy atom. The average molecular weight is 254 g/mol. The van der Waals surface area contributed by atoms with E-state index in [1.807, 2.05) is 0 Å². The van der Waals surface area contributed by atoms with Crippen molar-refractivity contribution in [2.24, 2.45) is 11.8 Å². The molecule has 0 saturated heterocycles. The van der Waals surface area contributed by atoms with Crippen LogP contribution in [0.15, 0.2) is 23.1 Å². The first kappa shape index (κ1) is 12.4. The lowest BCUT2D eigenvalue weighted by Crippen LogP contribution is -2.26. The molecule has 17 heavy (non-hydrogen) atoms. The highest BCUT2D eigenvalue weighted by atomic mass is 32.2. The Hall–Kier alpha value is -1.07. The maximum atomic E-state index is 12.1. The molecule has 1 aliphatic carbocycles.